The third-order valence-electron chi connectivity index (χ3n) is 6.77. The number of aliphatic imine (C=N–C) groups is 1. The minimum Gasteiger partial charge on any atom is -0.382 e. The number of ether oxygens (including phenoxy) is 1. The Hall–Kier alpha value is -2.65. The lowest BCUT2D eigenvalue weighted by atomic mass is 9.90. The molecular weight excluding hydrogens is 437 g/mol. The maximum atomic E-state index is 14.1. The summed E-state index contributed by atoms with van der Waals surface area (Å²) in [6.07, 6.45) is 6.63. The van der Waals surface area contributed by atoms with E-state index in [1.807, 2.05) is 0 Å². The predicted molar refractivity (Wildman–Crippen MR) is 119 cm³/mol. The minimum absolute atomic E-state index is 0.114. The van der Waals surface area contributed by atoms with Crippen molar-refractivity contribution in [3.8, 4) is 0 Å². The summed E-state index contributed by atoms with van der Waals surface area (Å²) < 4.78 is 19.4. The first kappa shape index (κ1) is 21.2. The third-order valence-corrected chi connectivity index (χ3v) is 7.15. The summed E-state index contributed by atoms with van der Waals surface area (Å²) in [5.41, 5.74) is 1.62. The standard InChI is InChI=1S/C22H23ClFN5O3/c1-28(22(6-7-22)11-32-2)21(31)19-13-10-29(8-5-16(13)26-27-19)20(30)17-9-12-14(23)3-4-15(24)18(12)25-17/h3-4,9,13-14H,5-8,10-11H2,1-2H3. The fourth-order valence-electron chi connectivity index (χ4n) is 4.60. The molecule has 2 unspecified atom stereocenters. The molecule has 2 amide bonds. The third kappa shape index (κ3) is 3.34. The van der Waals surface area contributed by atoms with Crippen LogP contribution >= 0.6 is 11.6 Å². The van der Waals surface area contributed by atoms with Crippen molar-refractivity contribution >= 4 is 40.6 Å². The maximum absolute atomic E-state index is 14.1. The molecule has 0 radical (unpaired) electrons. The van der Waals surface area contributed by atoms with Crippen molar-refractivity contribution in [1.82, 2.24) is 9.80 Å². The number of allylic oxidation sites excluding steroid dienone is 4. The van der Waals surface area contributed by atoms with Crippen LogP contribution in [0.15, 0.2) is 50.5 Å². The minimum atomic E-state index is -0.526. The molecule has 0 spiro atoms. The van der Waals surface area contributed by atoms with Gasteiger partial charge < -0.3 is 14.5 Å². The number of likely N-dealkylation sites (N-methyl/N-ethyl adjacent to an activating group) is 1. The fraction of sp³-hybridized carbons (Fsp3) is 0.500. The second-order valence-electron chi connectivity index (χ2n) is 8.71. The molecule has 8 nitrogen and oxygen atoms in total. The Labute approximate surface area is 189 Å². The zero-order chi connectivity index (χ0) is 22.6. The number of alkyl halides is 1. The SMILES string of the molecule is COCC1(N(C)C(=O)C2=NN=C3CCN(C(=O)C4=NC5=C(F)C=CC(Cl)C5=C4)CC32)CC1. The highest BCUT2D eigenvalue weighted by atomic mass is 35.5. The number of likely N-dealkylation sites (tertiary alicyclic amines) is 1. The molecule has 5 rings (SSSR count). The highest BCUT2D eigenvalue weighted by Crippen LogP contribution is 2.42. The van der Waals surface area contributed by atoms with E-state index in [1.165, 1.54) is 12.2 Å². The van der Waals surface area contributed by atoms with E-state index in [4.69, 9.17) is 16.3 Å². The van der Waals surface area contributed by atoms with Crippen LogP contribution in [0.3, 0.4) is 0 Å². The molecule has 0 N–H and O–H groups in total. The largest absolute Gasteiger partial charge is 0.382 e. The van der Waals surface area contributed by atoms with Gasteiger partial charge in [-0.15, -0.1) is 16.7 Å². The number of nitrogens with zero attached hydrogens (tertiary/aromatic N) is 5. The summed E-state index contributed by atoms with van der Waals surface area (Å²) in [5, 5.41) is 7.88. The molecule has 0 aromatic rings. The Morgan fingerprint density at radius 2 is 2.16 bits per heavy atom. The van der Waals surface area contributed by atoms with Gasteiger partial charge in [0, 0.05) is 39.2 Å². The van der Waals surface area contributed by atoms with Gasteiger partial charge in [-0.1, -0.05) is 6.08 Å². The Bertz CT molecular complexity index is 1090. The molecule has 32 heavy (non-hydrogen) atoms. The van der Waals surface area contributed by atoms with Crippen molar-refractivity contribution in [3.63, 3.8) is 0 Å². The summed E-state index contributed by atoms with van der Waals surface area (Å²) >= 11 is 6.22. The topological polar surface area (TPSA) is 86.9 Å². The molecule has 10 heteroatoms. The number of amides is 2. The average molecular weight is 460 g/mol. The van der Waals surface area contributed by atoms with Crippen molar-refractivity contribution in [2.45, 2.75) is 30.2 Å². The lowest BCUT2D eigenvalue weighted by Gasteiger charge is -2.33. The lowest BCUT2D eigenvalue weighted by Crippen LogP contribution is -2.52. The number of piperidine rings is 1. The zero-order valence-electron chi connectivity index (χ0n) is 17.8. The number of hydrogen-bond donors (Lipinski definition) is 0. The van der Waals surface area contributed by atoms with Crippen LogP contribution in [0.5, 0.6) is 0 Å². The molecule has 0 bridgehead atoms. The molecule has 0 aromatic carbocycles. The molecule has 0 aromatic heterocycles. The van der Waals surface area contributed by atoms with Crippen LogP contribution in [0, 0.1) is 5.92 Å². The number of carbonyl (C=O) groups excluding carboxylic acids is 2. The van der Waals surface area contributed by atoms with Crippen LogP contribution in [-0.2, 0) is 14.3 Å². The van der Waals surface area contributed by atoms with Crippen molar-refractivity contribution in [3.05, 3.63) is 35.3 Å². The molecule has 3 aliphatic heterocycles. The maximum Gasteiger partial charge on any atom is 0.272 e. The summed E-state index contributed by atoms with van der Waals surface area (Å²) in [6, 6.07) is 0. The molecule has 2 fully saturated rings. The quantitative estimate of drug-likeness (QED) is 0.589. The summed E-state index contributed by atoms with van der Waals surface area (Å²) in [4.78, 5) is 33.9. The zero-order valence-corrected chi connectivity index (χ0v) is 18.6. The first-order valence-corrected chi connectivity index (χ1v) is 11.0. The van der Waals surface area contributed by atoms with Gasteiger partial charge in [0.1, 0.15) is 22.9 Å². The fourth-order valence-corrected chi connectivity index (χ4v) is 4.84. The van der Waals surface area contributed by atoms with Crippen LogP contribution in [0.2, 0.25) is 0 Å². The van der Waals surface area contributed by atoms with E-state index < -0.39 is 11.2 Å². The Morgan fingerprint density at radius 3 is 2.84 bits per heavy atom. The molecule has 2 atom stereocenters. The number of methoxy groups -OCH3 is 1. The smallest absolute Gasteiger partial charge is 0.272 e. The van der Waals surface area contributed by atoms with Crippen LogP contribution in [0.1, 0.15) is 19.3 Å². The molecule has 2 aliphatic carbocycles. The summed E-state index contributed by atoms with van der Waals surface area (Å²) in [5.74, 6) is -1.36. The van der Waals surface area contributed by atoms with Gasteiger partial charge in [-0.3, -0.25) is 9.59 Å². The van der Waals surface area contributed by atoms with Gasteiger partial charge in [0.15, 0.2) is 0 Å². The molecular formula is C22H23ClFN5O3. The second-order valence-corrected chi connectivity index (χ2v) is 9.18. The number of halogens is 2. The normalized spacial score (nSPS) is 27.3. The highest BCUT2D eigenvalue weighted by Gasteiger charge is 2.51. The van der Waals surface area contributed by atoms with Crippen molar-refractivity contribution in [2.24, 2.45) is 21.1 Å². The number of carbonyl (C=O) groups is 2. The van der Waals surface area contributed by atoms with E-state index in [0.29, 0.717) is 30.9 Å². The van der Waals surface area contributed by atoms with Crippen LogP contribution < -0.4 is 0 Å². The number of hydrogen-bond acceptors (Lipinski definition) is 6. The molecule has 1 saturated heterocycles. The average Bonchev–Trinajstić information content (AvgIpc) is 3.24. The summed E-state index contributed by atoms with van der Waals surface area (Å²) in [7, 11) is 3.39. The molecule has 1 saturated carbocycles. The van der Waals surface area contributed by atoms with Gasteiger partial charge in [-0.25, -0.2) is 9.38 Å². The van der Waals surface area contributed by atoms with E-state index in [1.54, 1.807) is 30.0 Å². The van der Waals surface area contributed by atoms with Crippen molar-refractivity contribution in [2.75, 3.05) is 33.9 Å². The van der Waals surface area contributed by atoms with Gasteiger partial charge >= 0.3 is 0 Å². The molecule has 3 heterocycles. The van der Waals surface area contributed by atoms with Gasteiger partial charge in [0.05, 0.1) is 29.2 Å². The Balaban J connectivity index is 1.31. The second kappa shape index (κ2) is 7.74. The van der Waals surface area contributed by atoms with E-state index in [2.05, 4.69) is 15.2 Å². The Morgan fingerprint density at radius 1 is 1.38 bits per heavy atom. The van der Waals surface area contributed by atoms with Gasteiger partial charge in [0.2, 0.25) is 0 Å². The van der Waals surface area contributed by atoms with Crippen LogP contribution in [-0.4, -0.2) is 83.5 Å². The van der Waals surface area contributed by atoms with Crippen molar-refractivity contribution in [1.29, 1.82) is 0 Å². The number of fused-ring (bicyclic) bond motifs is 2. The van der Waals surface area contributed by atoms with E-state index in [0.717, 1.165) is 18.6 Å². The van der Waals surface area contributed by atoms with Gasteiger partial charge in [-0.05, 0) is 25.0 Å². The van der Waals surface area contributed by atoms with Crippen molar-refractivity contribution < 1.29 is 18.7 Å². The monoisotopic (exact) mass is 459 g/mol. The van der Waals surface area contributed by atoms with Gasteiger partial charge in [0.25, 0.3) is 11.8 Å². The Kier molecular flexibility index (Phi) is 5.13. The first-order chi connectivity index (χ1) is 15.3. The van der Waals surface area contributed by atoms with Crippen LogP contribution in [0.4, 0.5) is 4.39 Å². The van der Waals surface area contributed by atoms with E-state index in [9.17, 15) is 14.0 Å². The predicted octanol–water partition coefficient (Wildman–Crippen LogP) is 2.02. The first-order valence-electron chi connectivity index (χ1n) is 10.6. The van der Waals surface area contributed by atoms with E-state index in [-0.39, 0.29) is 41.2 Å². The molecule has 168 valence electrons. The number of rotatable bonds is 5. The van der Waals surface area contributed by atoms with Crippen LogP contribution in [0.25, 0.3) is 0 Å². The highest BCUT2D eigenvalue weighted by molar-refractivity contribution is 6.46. The molecule has 5 aliphatic rings. The lowest BCUT2D eigenvalue weighted by molar-refractivity contribution is -0.127. The summed E-state index contributed by atoms with van der Waals surface area (Å²) in [6.45, 7) is 1.18. The van der Waals surface area contributed by atoms with Gasteiger partial charge in [-0.2, -0.15) is 5.10 Å². The van der Waals surface area contributed by atoms with E-state index >= 15 is 0 Å².